The lowest BCUT2D eigenvalue weighted by molar-refractivity contribution is -0.139. The van der Waals surface area contributed by atoms with E-state index in [1.165, 1.54) is 37.3 Å². The van der Waals surface area contributed by atoms with Gasteiger partial charge in [0.25, 0.3) is 5.91 Å². The van der Waals surface area contributed by atoms with Crippen molar-refractivity contribution in [2.75, 3.05) is 75.5 Å². The number of anilines is 5. The summed E-state index contributed by atoms with van der Waals surface area (Å²) in [5.41, 5.74) is 4.31. The summed E-state index contributed by atoms with van der Waals surface area (Å²) >= 11 is 1.57. The average Bonchev–Trinajstić information content (AvgIpc) is 3.95. The molecule has 4 amide bonds. The van der Waals surface area contributed by atoms with E-state index in [1.54, 1.807) is 41.1 Å². The van der Waals surface area contributed by atoms with Crippen LogP contribution in [0.5, 0.6) is 5.75 Å². The van der Waals surface area contributed by atoms with Crippen molar-refractivity contribution in [2.24, 2.45) is 11.3 Å². The van der Waals surface area contributed by atoms with Crippen molar-refractivity contribution < 1.29 is 42.2 Å². The Labute approximate surface area is 409 Å². The number of carbonyl (C=O) groups is 4. The number of alkyl halides is 3. The predicted octanol–water partition coefficient (Wildman–Crippen LogP) is 6.74. The Morgan fingerprint density at radius 3 is 2.24 bits per heavy atom. The number of halogens is 3. The van der Waals surface area contributed by atoms with Crippen LogP contribution in [-0.4, -0.2) is 121 Å². The predicted molar refractivity (Wildman–Crippen MR) is 264 cm³/mol. The van der Waals surface area contributed by atoms with E-state index in [2.05, 4.69) is 41.5 Å². The fraction of sp³-hybridized carbons (Fsp3) is 0.400. The first-order chi connectivity index (χ1) is 33.2. The normalized spacial score (nSPS) is 17.4. The van der Waals surface area contributed by atoms with E-state index < -0.39 is 41.1 Å². The smallest absolute Gasteiger partial charge is 0.419 e. The number of pyridine rings is 1. The summed E-state index contributed by atoms with van der Waals surface area (Å²) in [4.78, 5) is 68.6. The average molecular weight is 985 g/mol. The molecule has 2 aliphatic heterocycles. The number of aliphatic hydroxyl groups excluding tert-OH is 1. The van der Waals surface area contributed by atoms with Gasteiger partial charge in [-0.1, -0.05) is 57.2 Å². The van der Waals surface area contributed by atoms with Crippen LogP contribution in [0.4, 0.5) is 41.7 Å². The van der Waals surface area contributed by atoms with Gasteiger partial charge in [-0.15, -0.1) is 11.3 Å². The minimum Gasteiger partial charge on any atom is -0.494 e. The first-order valence-corrected chi connectivity index (χ1v) is 23.8. The summed E-state index contributed by atoms with van der Waals surface area (Å²) in [5.74, 6) is -1.86. The number of para-hydroxylation sites is 1. The van der Waals surface area contributed by atoms with E-state index >= 15 is 0 Å². The number of thiazole rings is 1. The van der Waals surface area contributed by atoms with E-state index in [4.69, 9.17) is 4.74 Å². The number of piperazine rings is 1. The van der Waals surface area contributed by atoms with Gasteiger partial charge in [0.1, 0.15) is 17.6 Å². The second kappa shape index (κ2) is 21.5. The van der Waals surface area contributed by atoms with Crippen LogP contribution in [0.1, 0.15) is 60.9 Å². The molecule has 7 rings (SSSR count). The number of aliphatic hydroxyl groups is 1. The number of hydrogen-bond acceptors (Lipinski definition) is 13. The quantitative estimate of drug-likeness (QED) is 0.0649. The monoisotopic (exact) mass is 984 g/mol. The number of rotatable bonds is 15. The molecule has 4 atom stereocenters. The van der Waals surface area contributed by atoms with Gasteiger partial charge in [0.05, 0.1) is 76.0 Å². The summed E-state index contributed by atoms with van der Waals surface area (Å²) in [6.07, 6.45) is -5.09. The molecule has 5 aromatic rings. The first-order valence-electron chi connectivity index (χ1n) is 22.9. The van der Waals surface area contributed by atoms with E-state index in [1.807, 2.05) is 69.9 Å². The number of benzene rings is 3. The zero-order chi connectivity index (χ0) is 50.5. The largest absolute Gasteiger partial charge is 0.494 e. The van der Waals surface area contributed by atoms with Crippen molar-refractivity contribution in [1.82, 2.24) is 35.7 Å². The van der Waals surface area contributed by atoms with Gasteiger partial charge in [-0.05, 0) is 54.7 Å². The van der Waals surface area contributed by atoms with Crippen LogP contribution in [0, 0.1) is 18.3 Å². The lowest BCUT2D eigenvalue weighted by Gasteiger charge is -2.37. The van der Waals surface area contributed by atoms with Crippen LogP contribution in [0.2, 0.25) is 0 Å². The number of methoxy groups -OCH3 is 1. The molecule has 2 aromatic heterocycles. The molecule has 20 heteroatoms. The van der Waals surface area contributed by atoms with Crippen molar-refractivity contribution in [3.63, 3.8) is 0 Å². The van der Waals surface area contributed by atoms with E-state index in [0.29, 0.717) is 37.6 Å². The molecule has 16 nitrogen and oxygen atoms in total. The number of hydrogen-bond donors (Lipinski definition) is 6. The van der Waals surface area contributed by atoms with Gasteiger partial charge < -0.3 is 46.2 Å². The zero-order valence-electron chi connectivity index (χ0n) is 40.1. The molecule has 2 saturated heterocycles. The Balaban J connectivity index is 0.923. The van der Waals surface area contributed by atoms with E-state index in [9.17, 15) is 37.5 Å². The molecular formula is C50H59F3N10O6S. The molecule has 0 spiro atoms. The van der Waals surface area contributed by atoms with Gasteiger partial charge in [0, 0.05) is 70.3 Å². The third-order valence-electron chi connectivity index (χ3n) is 12.6. The van der Waals surface area contributed by atoms with Gasteiger partial charge >= 0.3 is 6.18 Å². The standard InChI is InChI=1S/C50H59F3N10O6S/c1-29(31-12-14-32(15-13-31)44-30(2)56-28-70-44)57-47(67)35-25-63(26-40(35)64)48(68)45(49(3,4)5)60-43(65)27-61-18-20-62(21-19-61)33-16-17-38(41(22-33)69-7)59-42-23-39(36(24-55-42)50(51,52)53)58-37-11-9-8-10-34(37)46(66)54-6/h8-17,22-24,28-29,35,40,45,64H,18-21,25-27H2,1-7H3,(H,54,66)(H,57,67)(H,60,65)(H2,55,58,59)/t29-,35-,40-,45+/m0/s1. The second-order valence-electron chi connectivity index (χ2n) is 18.5. The Bertz CT molecular complexity index is 2690. The van der Waals surface area contributed by atoms with Crippen molar-refractivity contribution in [1.29, 1.82) is 0 Å². The summed E-state index contributed by atoms with van der Waals surface area (Å²) in [6, 6.07) is 19.5. The molecule has 372 valence electrons. The van der Waals surface area contributed by atoms with Crippen LogP contribution in [-0.2, 0) is 20.6 Å². The summed E-state index contributed by atoms with van der Waals surface area (Å²) in [5, 5.41) is 25.3. The minimum absolute atomic E-state index is 0.00961. The molecule has 0 saturated carbocycles. The molecule has 0 bridgehead atoms. The highest BCUT2D eigenvalue weighted by atomic mass is 32.1. The Morgan fingerprint density at radius 2 is 1.60 bits per heavy atom. The SMILES string of the molecule is CNC(=O)c1ccccc1Nc1cc(Nc2ccc(N3CCN(CC(=O)N[C@H](C(=O)N4C[C@H](C(=O)N[C@@H](C)c5ccc(-c6scnc6C)cc5)[C@@H](O)C4)C(C)(C)C)CC3)cc2OC)ncc1C(F)(F)F. The minimum atomic E-state index is -4.74. The Kier molecular flexibility index (Phi) is 15.7. The number of carbonyl (C=O) groups excluding carboxylic acids is 4. The van der Waals surface area contributed by atoms with Crippen molar-refractivity contribution in [3.8, 4) is 16.2 Å². The molecule has 70 heavy (non-hydrogen) atoms. The maximum atomic E-state index is 14.1. The molecule has 6 N–H and O–H groups in total. The van der Waals surface area contributed by atoms with Crippen LogP contribution in [0.3, 0.4) is 0 Å². The second-order valence-corrected chi connectivity index (χ2v) is 19.4. The third kappa shape index (κ3) is 12.0. The van der Waals surface area contributed by atoms with Crippen LogP contribution in [0.25, 0.3) is 10.4 Å². The molecule has 4 heterocycles. The molecule has 0 aliphatic carbocycles. The first kappa shape index (κ1) is 51.1. The highest BCUT2D eigenvalue weighted by Gasteiger charge is 2.44. The number of nitrogens with one attached hydrogen (secondary N) is 5. The van der Waals surface area contributed by atoms with Crippen LogP contribution in [0.15, 0.2) is 84.5 Å². The summed E-state index contributed by atoms with van der Waals surface area (Å²) in [7, 11) is 2.91. The highest BCUT2D eigenvalue weighted by molar-refractivity contribution is 7.13. The fourth-order valence-corrected chi connectivity index (χ4v) is 9.39. The number of nitrogens with zero attached hydrogens (tertiary/aromatic N) is 5. The summed E-state index contributed by atoms with van der Waals surface area (Å²) < 4.78 is 48.0. The Morgan fingerprint density at radius 1 is 0.886 bits per heavy atom. The molecule has 0 unspecified atom stereocenters. The number of likely N-dealkylation sites (tertiary alicyclic amines) is 1. The Hall–Kier alpha value is -6.77. The maximum absolute atomic E-state index is 14.1. The lowest BCUT2D eigenvalue weighted by atomic mass is 9.85. The van der Waals surface area contributed by atoms with Gasteiger partial charge in [-0.2, -0.15) is 13.2 Å². The van der Waals surface area contributed by atoms with E-state index in [-0.39, 0.29) is 66.2 Å². The van der Waals surface area contributed by atoms with Gasteiger partial charge in [-0.3, -0.25) is 24.1 Å². The van der Waals surface area contributed by atoms with Gasteiger partial charge in [0.2, 0.25) is 17.7 Å². The number of β-amino-alcohol motifs (C(OH)–C–C–N with tert-alkyl or cyclic N) is 1. The van der Waals surface area contributed by atoms with Crippen molar-refractivity contribution >= 4 is 63.5 Å². The molecular weight excluding hydrogens is 926 g/mol. The molecule has 2 aliphatic rings. The van der Waals surface area contributed by atoms with E-state index in [0.717, 1.165) is 33.6 Å². The topological polar surface area (TPSA) is 193 Å². The highest BCUT2D eigenvalue weighted by Crippen LogP contribution is 2.39. The van der Waals surface area contributed by atoms with Gasteiger partial charge in [0.15, 0.2) is 0 Å². The molecule has 0 radical (unpaired) electrons. The number of aryl methyl sites for hydroxylation is 1. The maximum Gasteiger partial charge on any atom is 0.419 e. The van der Waals surface area contributed by atoms with Crippen LogP contribution < -0.4 is 36.2 Å². The summed E-state index contributed by atoms with van der Waals surface area (Å²) in [6.45, 7) is 11.6. The van der Waals surface area contributed by atoms with Crippen LogP contribution >= 0.6 is 11.3 Å². The lowest BCUT2D eigenvalue weighted by Crippen LogP contribution is -2.57. The number of amides is 4. The number of aromatic nitrogens is 2. The fourth-order valence-electron chi connectivity index (χ4n) is 8.58. The zero-order valence-corrected chi connectivity index (χ0v) is 40.9. The molecule has 3 aromatic carbocycles. The van der Waals surface area contributed by atoms with Crippen molar-refractivity contribution in [2.45, 2.75) is 59.0 Å². The van der Waals surface area contributed by atoms with Gasteiger partial charge in [-0.25, -0.2) is 9.97 Å². The van der Waals surface area contributed by atoms with Crippen molar-refractivity contribution in [3.05, 3.63) is 107 Å². The number of ether oxygens (including phenoxy) is 1. The third-order valence-corrected chi connectivity index (χ3v) is 13.5. The molecule has 2 fully saturated rings.